The van der Waals surface area contributed by atoms with Crippen molar-refractivity contribution in [3.63, 3.8) is 0 Å². The summed E-state index contributed by atoms with van der Waals surface area (Å²) in [6.07, 6.45) is 0. The standard InChI is InChI=1S/C12H8BrClO2/c1-16-10-5-2-7-6-8(13)3-4-9(7)11(10)12(14)15/h2-6H,1H3. The van der Waals surface area contributed by atoms with E-state index in [-0.39, 0.29) is 0 Å². The quantitative estimate of drug-likeness (QED) is 0.784. The molecule has 0 saturated carbocycles. The van der Waals surface area contributed by atoms with Gasteiger partial charge in [0, 0.05) is 4.47 Å². The molecule has 0 N–H and O–H groups in total. The summed E-state index contributed by atoms with van der Waals surface area (Å²) in [6.45, 7) is 0. The monoisotopic (exact) mass is 298 g/mol. The highest BCUT2D eigenvalue weighted by molar-refractivity contribution is 9.10. The van der Waals surface area contributed by atoms with Crippen LogP contribution in [0.25, 0.3) is 10.8 Å². The number of ether oxygens (including phenoxy) is 1. The van der Waals surface area contributed by atoms with Crippen molar-refractivity contribution >= 4 is 43.5 Å². The maximum absolute atomic E-state index is 11.4. The van der Waals surface area contributed by atoms with Crippen molar-refractivity contribution in [2.75, 3.05) is 7.11 Å². The van der Waals surface area contributed by atoms with Gasteiger partial charge < -0.3 is 4.74 Å². The molecule has 2 nitrogen and oxygen atoms in total. The van der Waals surface area contributed by atoms with Gasteiger partial charge in [-0.05, 0) is 40.6 Å². The SMILES string of the molecule is COc1ccc2cc(Br)ccc2c1C(=O)Cl. The minimum absolute atomic E-state index is 0.411. The third-order valence-corrected chi connectivity index (χ3v) is 3.04. The van der Waals surface area contributed by atoms with Crippen LogP contribution >= 0.6 is 27.5 Å². The van der Waals surface area contributed by atoms with E-state index in [0.29, 0.717) is 11.3 Å². The first-order valence-corrected chi connectivity index (χ1v) is 5.76. The van der Waals surface area contributed by atoms with Crippen molar-refractivity contribution in [3.05, 3.63) is 40.4 Å². The number of rotatable bonds is 2. The summed E-state index contributed by atoms with van der Waals surface area (Å²) in [5.41, 5.74) is 0.411. The van der Waals surface area contributed by atoms with Gasteiger partial charge in [0.2, 0.25) is 0 Å². The molecule has 0 bridgehead atoms. The second-order valence-corrected chi connectivity index (χ2v) is 4.54. The molecule has 2 aromatic carbocycles. The summed E-state index contributed by atoms with van der Waals surface area (Å²) in [7, 11) is 1.52. The molecule has 82 valence electrons. The van der Waals surface area contributed by atoms with Gasteiger partial charge in [-0.25, -0.2) is 0 Å². The van der Waals surface area contributed by atoms with Crippen molar-refractivity contribution in [2.45, 2.75) is 0 Å². The minimum Gasteiger partial charge on any atom is -0.496 e. The van der Waals surface area contributed by atoms with Gasteiger partial charge in [0.25, 0.3) is 5.24 Å². The van der Waals surface area contributed by atoms with E-state index in [1.54, 1.807) is 6.07 Å². The van der Waals surface area contributed by atoms with Gasteiger partial charge in [-0.2, -0.15) is 0 Å². The molecule has 0 saturated heterocycles. The Morgan fingerprint density at radius 1 is 1.31 bits per heavy atom. The predicted molar refractivity (Wildman–Crippen MR) is 68.4 cm³/mol. The molecular weight excluding hydrogens is 291 g/mol. The second kappa shape index (κ2) is 4.44. The molecule has 0 aliphatic carbocycles. The number of methoxy groups -OCH3 is 1. The van der Waals surface area contributed by atoms with Gasteiger partial charge in [0.05, 0.1) is 12.7 Å². The number of hydrogen-bond acceptors (Lipinski definition) is 2. The van der Waals surface area contributed by atoms with E-state index >= 15 is 0 Å². The van der Waals surface area contributed by atoms with Crippen molar-refractivity contribution in [2.24, 2.45) is 0 Å². The zero-order valence-corrected chi connectivity index (χ0v) is 10.8. The van der Waals surface area contributed by atoms with Crippen LogP contribution in [0.2, 0.25) is 0 Å². The van der Waals surface area contributed by atoms with Crippen LogP contribution in [-0.4, -0.2) is 12.4 Å². The Morgan fingerprint density at radius 3 is 2.69 bits per heavy atom. The summed E-state index contributed by atoms with van der Waals surface area (Å²) in [4.78, 5) is 11.4. The van der Waals surface area contributed by atoms with Crippen LogP contribution in [0.5, 0.6) is 5.75 Å². The van der Waals surface area contributed by atoms with Crippen molar-refractivity contribution in [1.29, 1.82) is 0 Å². The Hall–Kier alpha value is -1.06. The molecule has 0 heterocycles. The number of carbonyl (C=O) groups is 1. The summed E-state index contributed by atoms with van der Waals surface area (Å²) in [5, 5.41) is 1.23. The zero-order valence-electron chi connectivity index (χ0n) is 8.46. The van der Waals surface area contributed by atoms with E-state index < -0.39 is 5.24 Å². The summed E-state index contributed by atoms with van der Waals surface area (Å²) >= 11 is 8.96. The first-order chi connectivity index (χ1) is 7.63. The molecule has 4 heteroatoms. The first-order valence-electron chi connectivity index (χ1n) is 4.59. The number of fused-ring (bicyclic) bond motifs is 1. The predicted octanol–water partition coefficient (Wildman–Crippen LogP) is 3.99. The maximum atomic E-state index is 11.4. The fourth-order valence-corrected chi connectivity index (χ4v) is 2.23. The van der Waals surface area contributed by atoms with Gasteiger partial charge in [-0.3, -0.25) is 4.79 Å². The van der Waals surface area contributed by atoms with Gasteiger partial charge in [0.15, 0.2) is 0 Å². The number of halogens is 2. The molecule has 0 aliphatic rings. The third-order valence-electron chi connectivity index (χ3n) is 2.36. The molecular formula is C12H8BrClO2. The molecule has 0 atom stereocenters. The molecule has 2 aromatic rings. The molecule has 16 heavy (non-hydrogen) atoms. The lowest BCUT2D eigenvalue weighted by Crippen LogP contribution is -1.96. The molecule has 2 rings (SSSR count). The van der Waals surface area contributed by atoms with Crippen LogP contribution in [0.15, 0.2) is 34.8 Å². The number of hydrogen-bond donors (Lipinski definition) is 0. The summed E-state index contributed by atoms with van der Waals surface area (Å²) < 4.78 is 6.08. The smallest absolute Gasteiger partial charge is 0.256 e. The van der Waals surface area contributed by atoms with E-state index in [1.807, 2.05) is 24.3 Å². The van der Waals surface area contributed by atoms with Crippen LogP contribution in [0.4, 0.5) is 0 Å². The highest BCUT2D eigenvalue weighted by atomic mass is 79.9. The van der Waals surface area contributed by atoms with E-state index in [9.17, 15) is 4.79 Å². The lowest BCUT2D eigenvalue weighted by molar-refractivity contribution is 0.108. The van der Waals surface area contributed by atoms with E-state index in [2.05, 4.69) is 15.9 Å². The normalized spacial score (nSPS) is 10.4. The van der Waals surface area contributed by atoms with Crippen molar-refractivity contribution in [3.8, 4) is 5.75 Å². The lowest BCUT2D eigenvalue weighted by Gasteiger charge is -2.08. The van der Waals surface area contributed by atoms with E-state index in [1.165, 1.54) is 7.11 Å². The highest BCUT2D eigenvalue weighted by Crippen LogP contribution is 2.30. The number of carbonyl (C=O) groups excluding carboxylic acids is 1. The van der Waals surface area contributed by atoms with Gasteiger partial charge in [-0.1, -0.05) is 28.1 Å². The average molecular weight is 300 g/mol. The second-order valence-electron chi connectivity index (χ2n) is 3.28. The molecule has 0 aliphatic heterocycles. The van der Waals surface area contributed by atoms with Crippen molar-refractivity contribution < 1.29 is 9.53 Å². The average Bonchev–Trinajstić information content (AvgIpc) is 2.26. The molecule has 0 radical (unpaired) electrons. The first kappa shape index (κ1) is 11.4. The Morgan fingerprint density at radius 2 is 2.06 bits per heavy atom. The third kappa shape index (κ3) is 1.93. The molecule has 0 spiro atoms. The molecule has 0 amide bonds. The van der Waals surface area contributed by atoms with Crippen LogP contribution in [0, 0.1) is 0 Å². The summed E-state index contributed by atoms with van der Waals surface area (Å²) in [6, 6.07) is 9.27. The fraction of sp³-hybridized carbons (Fsp3) is 0.0833. The van der Waals surface area contributed by atoms with E-state index in [0.717, 1.165) is 15.2 Å². The molecule has 0 fully saturated rings. The highest BCUT2D eigenvalue weighted by Gasteiger charge is 2.14. The van der Waals surface area contributed by atoms with Gasteiger partial charge in [0.1, 0.15) is 5.75 Å². The van der Waals surface area contributed by atoms with Crippen molar-refractivity contribution in [1.82, 2.24) is 0 Å². The van der Waals surface area contributed by atoms with E-state index in [4.69, 9.17) is 16.3 Å². The molecule has 0 aromatic heterocycles. The van der Waals surface area contributed by atoms with Crippen LogP contribution in [0.3, 0.4) is 0 Å². The minimum atomic E-state index is -0.509. The maximum Gasteiger partial charge on any atom is 0.256 e. The van der Waals surface area contributed by atoms with Crippen LogP contribution in [-0.2, 0) is 0 Å². The van der Waals surface area contributed by atoms with Crippen LogP contribution < -0.4 is 4.74 Å². The Kier molecular flexibility index (Phi) is 3.17. The van der Waals surface area contributed by atoms with Gasteiger partial charge in [-0.15, -0.1) is 0 Å². The Labute approximate surface area is 106 Å². The topological polar surface area (TPSA) is 26.3 Å². The fourth-order valence-electron chi connectivity index (χ4n) is 1.65. The Bertz CT molecular complexity index is 566. The zero-order chi connectivity index (χ0) is 11.7. The Balaban J connectivity index is 2.84. The largest absolute Gasteiger partial charge is 0.496 e. The van der Waals surface area contributed by atoms with Gasteiger partial charge >= 0.3 is 0 Å². The lowest BCUT2D eigenvalue weighted by atomic mass is 10.0. The molecule has 0 unspecified atom stereocenters. The number of benzene rings is 2. The summed E-state index contributed by atoms with van der Waals surface area (Å²) in [5.74, 6) is 0.495. The van der Waals surface area contributed by atoms with Crippen LogP contribution in [0.1, 0.15) is 10.4 Å².